The van der Waals surface area contributed by atoms with Crippen LogP contribution >= 0.6 is 8.60 Å². The first-order chi connectivity index (χ1) is 10.1. The number of rotatable bonds is 11. The first-order valence-electron chi connectivity index (χ1n) is 8.85. The molecule has 1 saturated heterocycles. The van der Waals surface area contributed by atoms with Crippen LogP contribution in [0.2, 0.25) is 0 Å². The smallest absolute Gasteiger partial charge is 0.328 e. The fourth-order valence-corrected chi connectivity index (χ4v) is 3.97. The first kappa shape index (κ1) is 19.4. The van der Waals surface area contributed by atoms with Gasteiger partial charge in [-0.15, -0.1) is 0 Å². The molecule has 1 N–H and O–H groups in total. The van der Waals surface area contributed by atoms with Crippen molar-refractivity contribution in [3.05, 3.63) is 0 Å². The highest BCUT2D eigenvalue weighted by atomic mass is 31.2. The van der Waals surface area contributed by atoms with Crippen LogP contribution in [0.5, 0.6) is 0 Å². The van der Waals surface area contributed by atoms with E-state index in [4.69, 9.17) is 9.05 Å². The lowest BCUT2D eigenvalue weighted by molar-refractivity contribution is -0.0308. The van der Waals surface area contributed by atoms with Crippen LogP contribution in [0.4, 0.5) is 0 Å². The lowest BCUT2D eigenvalue weighted by Crippen LogP contribution is -2.38. The summed E-state index contributed by atoms with van der Waals surface area (Å²) in [6.45, 7) is 7.20. The van der Waals surface area contributed by atoms with E-state index >= 15 is 0 Å². The van der Waals surface area contributed by atoms with E-state index in [1.165, 1.54) is 64.2 Å². The number of hydrogen-bond donors (Lipinski definition) is 1. The van der Waals surface area contributed by atoms with Gasteiger partial charge in [0.2, 0.25) is 0 Å². The van der Waals surface area contributed by atoms with E-state index in [9.17, 15) is 4.89 Å². The maximum absolute atomic E-state index is 9.49. The standard InChI is InChI=1S/C17H35O3P/c1-4-5-6-7-8-9-10-11-12-13-14-16-17(2,3)15-19-21(18)20-16/h16,18H,4-15H2,1-3H3. The average molecular weight is 318 g/mol. The topological polar surface area (TPSA) is 38.7 Å². The summed E-state index contributed by atoms with van der Waals surface area (Å²) in [5, 5.41) is 0. The molecule has 0 bridgehead atoms. The quantitative estimate of drug-likeness (QED) is 0.377. The second-order valence-corrected chi connectivity index (χ2v) is 8.01. The van der Waals surface area contributed by atoms with Gasteiger partial charge in [0.05, 0.1) is 12.7 Å². The Labute approximate surface area is 132 Å². The summed E-state index contributed by atoms with van der Waals surface area (Å²) in [7, 11) is -1.63. The van der Waals surface area contributed by atoms with Crippen molar-refractivity contribution in [1.29, 1.82) is 0 Å². The second kappa shape index (κ2) is 10.9. The van der Waals surface area contributed by atoms with Crippen molar-refractivity contribution < 1.29 is 13.9 Å². The lowest BCUT2D eigenvalue weighted by atomic mass is 9.84. The Morgan fingerprint density at radius 3 is 2.05 bits per heavy atom. The van der Waals surface area contributed by atoms with Crippen LogP contribution in [-0.4, -0.2) is 17.6 Å². The minimum atomic E-state index is -1.63. The van der Waals surface area contributed by atoms with E-state index in [1.54, 1.807) is 0 Å². The summed E-state index contributed by atoms with van der Waals surface area (Å²) in [6.07, 6.45) is 14.8. The Kier molecular flexibility index (Phi) is 10.1. The summed E-state index contributed by atoms with van der Waals surface area (Å²) < 4.78 is 10.8. The lowest BCUT2D eigenvalue weighted by Gasteiger charge is -2.39. The molecule has 21 heavy (non-hydrogen) atoms. The van der Waals surface area contributed by atoms with Gasteiger partial charge in [-0.2, -0.15) is 0 Å². The van der Waals surface area contributed by atoms with Crippen molar-refractivity contribution >= 4 is 8.60 Å². The van der Waals surface area contributed by atoms with E-state index in [0.717, 1.165) is 6.42 Å². The van der Waals surface area contributed by atoms with Gasteiger partial charge in [-0.05, 0) is 6.42 Å². The third kappa shape index (κ3) is 8.50. The van der Waals surface area contributed by atoms with Crippen LogP contribution in [0.3, 0.4) is 0 Å². The number of unbranched alkanes of at least 4 members (excludes halogenated alkanes) is 9. The van der Waals surface area contributed by atoms with Crippen molar-refractivity contribution in [2.45, 2.75) is 97.5 Å². The molecule has 1 aliphatic rings. The molecule has 1 fully saturated rings. The number of hydrogen-bond acceptors (Lipinski definition) is 3. The summed E-state index contributed by atoms with van der Waals surface area (Å²) in [4.78, 5) is 9.49. The molecule has 126 valence electrons. The van der Waals surface area contributed by atoms with Crippen molar-refractivity contribution in [2.75, 3.05) is 6.61 Å². The molecule has 0 spiro atoms. The van der Waals surface area contributed by atoms with Gasteiger partial charge in [0.1, 0.15) is 0 Å². The average Bonchev–Trinajstić information content (AvgIpc) is 2.45. The molecule has 0 radical (unpaired) electrons. The van der Waals surface area contributed by atoms with Gasteiger partial charge >= 0.3 is 8.60 Å². The molecule has 2 unspecified atom stereocenters. The van der Waals surface area contributed by atoms with Crippen LogP contribution in [0.15, 0.2) is 0 Å². The Morgan fingerprint density at radius 2 is 1.48 bits per heavy atom. The van der Waals surface area contributed by atoms with Gasteiger partial charge in [0, 0.05) is 5.41 Å². The SMILES string of the molecule is CCCCCCCCCCCCC1OP(O)OCC1(C)C. The highest BCUT2D eigenvalue weighted by Crippen LogP contribution is 2.47. The Hall–Kier alpha value is 0.310. The highest BCUT2D eigenvalue weighted by molar-refractivity contribution is 7.40. The molecule has 0 aromatic carbocycles. The van der Waals surface area contributed by atoms with Gasteiger partial charge in [-0.25, -0.2) is 0 Å². The van der Waals surface area contributed by atoms with Crippen LogP contribution in [0.1, 0.15) is 91.4 Å². The molecular weight excluding hydrogens is 283 g/mol. The van der Waals surface area contributed by atoms with Crippen molar-refractivity contribution in [2.24, 2.45) is 5.41 Å². The van der Waals surface area contributed by atoms with E-state index < -0.39 is 8.60 Å². The Morgan fingerprint density at radius 1 is 0.952 bits per heavy atom. The first-order valence-corrected chi connectivity index (χ1v) is 9.98. The third-order valence-corrected chi connectivity index (χ3v) is 5.24. The maximum Gasteiger partial charge on any atom is 0.330 e. The zero-order valence-corrected chi connectivity index (χ0v) is 15.2. The molecule has 1 heterocycles. The maximum atomic E-state index is 9.49. The van der Waals surface area contributed by atoms with Crippen LogP contribution in [0.25, 0.3) is 0 Å². The molecule has 0 aliphatic carbocycles. The molecule has 0 saturated carbocycles. The van der Waals surface area contributed by atoms with Crippen LogP contribution in [-0.2, 0) is 9.05 Å². The van der Waals surface area contributed by atoms with Gasteiger partial charge in [-0.1, -0.05) is 85.0 Å². The van der Waals surface area contributed by atoms with Crippen molar-refractivity contribution in [3.8, 4) is 0 Å². The monoisotopic (exact) mass is 318 g/mol. The minimum Gasteiger partial charge on any atom is -0.328 e. The third-order valence-electron chi connectivity index (χ3n) is 4.46. The largest absolute Gasteiger partial charge is 0.330 e. The van der Waals surface area contributed by atoms with Crippen LogP contribution < -0.4 is 0 Å². The zero-order valence-electron chi connectivity index (χ0n) is 14.3. The predicted octanol–water partition coefficient (Wildman–Crippen LogP) is 5.96. The van der Waals surface area contributed by atoms with E-state index in [2.05, 4.69) is 20.8 Å². The Bertz CT molecular complexity index is 258. The summed E-state index contributed by atoms with van der Waals surface area (Å²) in [5.41, 5.74) is 0.0286. The van der Waals surface area contributed by atoms with Crippen molar-refractivity contribution in [3.63, 3.8) is 0 Å². The van der Waals surface area contributed by atoms with Crippen LogP contribution in [0, 0.1) is 5.41 Å². The van der Waals surface area contributed by atoms with E-state index in [0.29, 0.717) is 6.61 Å². The molecule has 1 rings (SSSR count). The molecule has 0 aromatic heterocycles. The fraction of sp³-hybridized carbons (Fsp3) is 1.00. The van der Waals surface area contributed by atoms with Crippen molar-refractivity contribution in [1.82, 2.24) is 0 Å². The normalized spacial score (nSPS) is 25.1. The van der Waals surface area contributed by atoms with Gasteiger partial charge < -0.3 is 13.9 Å². The summed E-state index contributed by atoms with van der Waals surface area (Å²) >= 11 is 0. The minimum absolute atomic E-state index is 0.0286. The fourth-order valence-electron chi connectivity index (χ4n) is 2.86. The molecule has 3 nitrogen and oxygen atoms in total. The molecule has 0 aromatic rings. The highest BCUT2D eigenvalue weighted by Gasteiger charge is 2.37. The summed E-state index contributed by atoms with van der Waals surface area (Å²) in [6, 6.07) is 0. The molecule has 1 aliphatic heterocycles. The molecular formula is C17H35O3P. The molecule has 4 heteroatoms. The zero-order chi connectivity index (χ0) is 15.6. The Balaban J connectivity index is 1.96. The molecule has 0 amide bonds. The predicted molar refractivity (Wildman–Crippen MR) is 90.2 cm³/mol. The summed E-state index contributed by atoms with van der Waals surface area (Å²) in [5.74, 6) is 0. The van der Waals surface area contributed by atoms with Gasteiger partial charge in [0.15, 0.2) is 0 Å². The van der Waals surface area contributed by atoms with E-state index in [1.807, 2.05) is 0 Å². The molecule has 2 atom stereocenters. The van der Waals surface area contributed by atoms with Gasteiger partial charge in [0.25, 0.3) is 0 Å². The van der Waals surface area contributed by atoms with Gasteiger partial charge in [-0.3, -0.25) is 0 Å². The second-order valence-electron chi connectivity index (χ2n) is 7.06. The van der Waals surface area contributed by atoms with E-state index in [-0.39, 0.29) is 11.5 Å².